The van der Waals surface area contributed by atoms with Gasteiger partial charge in [-0.25, -0.2) is 9.37 Å². The van der Waals surface area contributed by atoms with Gasteiger partial charge in [0.1, 0.15) is 0 Å². The number of aromatic nitrogens is 2. The van der Waals surface area contributed by atoms with Crippen LogP contribution in [0.2, 0.25) is 0 Å². The minimum absolute atomic E-state index is 0.276. The Morgan fingerprint density at radius 1 is 1.47 bits per heavy atom. The predicted molar refractivity (Wildman–Crippen MR) is 81.6 cm³/mol. The summed E-state index contributed by atoms with van der Waals surface area (Å²) in [6.45, 7) is 4.96. The average Bonchev–Trinajstić information content (AvgIpc) is 2.43. The molecule has 0 fully saturated rings. The molecule has 0 aliphatic carbocycles. The molecule has 1 atom stereocenters. The van der Waals surface area contributed by atoms with Crippen LogP contribution < -0.4 is 10.2 Å². The highest BCUT2D eigenvalue weighted by Crippen LogP contribution is 2.20. The van der Waals surface area contributed by atoms with Crippen LogP contribution in [0.4, 0.5) is 16.2 Å². The molecule has 0 aromatic carbocycles. The van der Waals surface area contributed by atoms with Gasteiger partial charge in [-0.15, -0.1) is 0 Å². The Balaban J connectivity index is 2.90. The molecule has 0 bridgehead atoms. The van der Waals surface area contributed by atoms with E-state index in [0.29, 0.717) is 11.8 Å². The van der Waals surface area contributed by atoms with Gasteiger partial charge in [0.2, 0.25) is 5.95 Å². The second kappa shape index (κ2) is 8.19. The molecule has 19 heavy (non-hydrogen) atoms. The number of hydrogen-bond donors (Lipinski definition) is 1. The molecule has 1 rings (SSSR count). The molecule has 1 unspecified atom stereocenters. The van der Waals surface area contributed by atoms with E-state index in [1.807, 2.05) is 11.9 Å². The summed E-state index contributed by atoms with van der Waals surface area (Å²) < 4.78 is 13.9. The van der Waals surface area contributed by atoms with Crippen molar-refractivity contribution < 1.29 is 4.39 Å². The van der Waals surface area contributed by atoms with Gasteiger partial charge in [-0.05, 0) is 19.1 Å². The zero-order valence-corrected chi connectivity index (χ0v) is 12.9. The third-order valence-corrected chi connectivity index (χ3v) is 3.69. The molecular formula is C13H23FN4S. The normalized spacial score (nSPS) is 12.3. The standard InChI is InChI=1S/C13H23FN4S/c1-5-7-15-13-16-8-11(14)12(17-13)18(3)10(6-2)9-19-4/h8,10H,5-7,9H2,1-4H3,(H,15,16,17). The second-order valence-electron chi connectivity index (χ2n) is 4.42. The van der Waals surface area contributed by atoms with Gasteiger partial charge >= 0.3 is 0 Å². The maximum absolute atomic E-state index is 13.9. The van der Waals surface area contributed by atoms with Gasteiger partial charge in [0, 0.05) is 25.4 Å². The average molecular weight is 286 g/mol. The Morgan fingerprint density at radius 3 is 2.79 bits per heavy atom. The molecule has 0 aliphatic heterocycles. The van der Waals surface area contributed by atoms with Crippen molar-refractivity contribution in [1.29, 1.82) is 0 Å². The van der Waals surface area contributed by atoms with Gasteiger partial charge < -0.3 is 10.2 Å². The fraction of sp³-hybridized carbons (Fsp3) is 0.692. The first-order valence-corrected chi connectivity index (χ1v) is 8.01. The van der Waals surface area contributed by atoms with E-state index in [9.17, 15) is 4.39 Å². The van der Waals surface area contributed by atoms with Crippen molar-refractivity contribution in [3.05, 3.63) is 12.0 Å². The monoisotopic (exact) mass is 286 g/mol. The summed E-state index contributed by atoms with van der Waals surface area (Å²) in [7, 11) is 1.89. The van der Waals surface area contributed by atoms with Crippen molar-refractivity contribution in [2.45, 2.75) is 32.7 Å². The van der Waals surface area contributed by atoms with Gasteiger partial charge in [-0.3, -0.25) is 0 Å². The Labute approximate surface area is 119 Å². The predicted octanol–water partition coefficient (Wildman–Crippen LogP) is 3.02. The molecule has 0 aliphatic rings. The number of rotatable bonds is 8. The lowest BCUT2D eigenvalue weighted by Crippen LogP contribution is -2.34. The molecule has 0 saturated heterocycles. The van der Waals surface area contributed by atoms with Crippen molar-refractivity contribution in [3.63, 3.8) is 0 Å². The molecular weight excluding hydrogens is 263 g/mol. The Hall–Kier alpha value is -1.04. The van der Waals surface area contributed by atoms with Crippen molar-refractivity contribution in [3.8, 4) is 0 Å². The quantitative estimate of drug-likeness (QED) is 0.795. The summed E-state index contributed by atoms with van der Waals surface area (Å²) in [6, 6.07) is 0.276. The third kappa shape index (κ3) is 4.53. The SMILES string of the molecule is CCCNc1ncc(F)c(N(C)C(CC)CSC)n1. The first-order chi connectivity index (χ1) is 9.13. The van der Waals surface area contributed by atoms with Crippen molar-refractivity contribution in [2.24, 2.45) is 0 Å². The molecule has 1 aromatic rings. The zero-order valence-electron chi connectivity index (χ0n) is 12.1. The summed E-state index contributed by atoms with van der Waals surface area (Å²) in [5.74, 6) is 1.44. The fourth-order valence-corrected chi connectivity index (χ4v) is 2.64. The Bertz CT molecular complexity index is 389. The molecule has 1 N–H and O–H groups in total. The van der Waals surface area contributed by atoms with Gasteiger partial charge in [-0.1, -0.05) is 13.8 Å². The van der Waals surface area contributed by atoms with Crippen LogP contribution in [-0.2, 0) is 0 Å². The van der Waals surface area contributed by atoms with Crippen molar-refractivity contribution in [1.82, 2.24) is 9.97 Å². The summed E-state index contributed by atoms with van der Waals surface area (Å²) in [6.07, 6.45) is 5.23. The number of nitrogens with zero attached hydrogens (tertiary/aromatic N) is 3. The highest BCUT2D eigenvalue weighted by atomic mass is 32.2. The molecule has 108 valence electrons. The van der Waals surface area contributed by atoms with Crippen LogP contribution in [-0.4, -0.2) is 41.6 Å². The number of hydrogen-bond acceptors (Lipinski definition) is 5. The van der Waals surface area contributed by atoms with E-state index in [-0.39, 0.29) is 11.9 Å². The van der Waals surface area contributed by atoms with Gasteiger partial charge in [0.25, 0.3) is 0 Å². The lowest BCUT2D eigenvalue weighted by atomic mass is 10.2. The summed E-state index contributed by atoms with van der Waals surface area (Å²) in [5, 5.41) is 3.08. The second-order valence-corrected chi connectivity index (χ2v) is 5.33. The van der Waals surface area contributed by atoms with Crippen LogP contribution in [0.15, 0.2) is 6.20 Å². The van der Waals surface area contributed by atoms with Gasteiger partial charge in [-0.2, -0.15) is 16.7 Å². The van der Waals surface area contributed by atoms with Crippen molar-refractivity contribution >= 4 is 23.5 Å². The summed E-state index contributed by atoms with van der Waals surface area (Å²) >= 11 is 1.76. The zero-order chi connectivity index (χ0) is 14.3. The highest BCUT2D eigenvalue weighted by Gasteiger charge is 2.18. The van der Waals surface area contributed by atoms with Crippen LogP contribution in [0.1, 0.15) is 26.7 Å². The van der Waals surface area contributed by atoms with Gasteiger partial charge in [0.05, 0.1) is 6.20 Å². The minimum Gasteiger partial charge on any atom is -0.354 e. The van der Waals surface area contributed by atoms with Crippen LogP contribution in [0, 0.1) is 5.82 Å². The van der Waals surface area contributed by atoms with E-state index < -0.39 is 0 Å². The molecule has 4 nitrogen and oxygen atoms in total. The molecule has 0 amide bonds. The summed E-state index contributed by atoms with van der Waals surface area (Å²) in [5.41, 5.74) is 0. The third-order valence-electron chi connectivity index (χ3n) is 2.97. The molecule has 0 radical (unpaired) electrons. The van der Waals surface area contributed by atoms with E-state index in [0.717, 1.165) is 25.1 Å². The Kier molecular flexibility index (Phi) is 6.91. The molecule has 0 saturated carbocycles. The van der Waals surface area contributed by atoms with Crippen LogP contribution >= 0.6 is 11.8 Å². The van der Waals surface area contributed by atoms with Crippen LogP contribution in [0.3, 0.4) is 0 Å². The lowest BCUT2D eigenvalue weighted by molar-refractivity contribution is 0.587. The largest absolute Gasteiger partial charge is 0.354 e. The number of nitrogens with one attached hydrogen (secondary N) is 1. The van der Waals surface area contributed by atoms with E-state index in [4.69, 9.17) is 0 Å². The number of anilines is 2. The fourth-order valence-electron chi connectivity index (χ4n) is 1.80. The van der Waals surface area contributed by atoms with Crippen LogP contribution in [0.5, 0.6) is 0 Å². The minimum atomic E-state index is -0.371. The highest BCUT2D eigenvalue weighted by molar-refractivity contribution is 7.98. The number of thioether (sulfide) groups is 1. The number of halogens is 1. The molecule has 0 spiro atoms. The van der Waals surface area contributed by atoms with Gasteiger partial charge in [0.15, 0.2) is 11.6 Å². The smallest absolute Gasteiger partial charge is 0.224 e. The lowest BCUT2D eigenvalue weighted by Gasteiger charge is -2.28. The van der Waals surface area contributed by atoms with E-state index in [2.05, 4.69) is 35.4 Å². The Morgan fingerprint density at radius 2 is 2.21 bits per heavy atom. The maximum Gasteiger partial charge on any atom is 0.224 e. The topological polar surface area (TPSA) is 41.1 Å². The maximum atomic E-state index is 13.9. The van der Waals surface area contributed by atoms with E-state index in [1.54, 1.807) is 11.8 Å². The van der Waals surface area contributed by atoms with E-state index >= 15 is 0 Å². The molecule has 1 aromatic heterocycles. The van der Waals surface area contributed by atoms with E-state index in [1.165, 1.54) is 6.20 Å². The first kappa shape index (κ1) is 16.0. The molecule has 1 heterocycles. The first-order valence-electron chi connectivity index (χ1n) is 6.62. The molecule has 6 heteroatoms. The summed E-state index contributed by atoms with van der Waals surface area (Å²) in [4.78, 5) is 10.1. The van der Waals surface area contributed by atoms with Crippen LogP contribution in [0.25, 0.3) is 0 Å². The van der Waals surface area contributed by atoms with Crippen molar-refractivity contribution in [2.75, 3.05) is 35.8 Å².